The molecule has 0 atom stereocenters. The fourth-order valence-electron chi connectivity index (χ4n) is 2.25. The fraction of sp³-hybridized carbons (Fsp3) is 0.111. The van der Waals surface area contributed by atoms with E-state index in [0.717, 1.165) is 11.3 Å². The zero-order chi connectivity index (χ0) is 16.8. The van der Waals surface area contributed by atoms with Crippen LogP contribution in [0.5, 0.6) is 0 Å². The van der Waals surface area contributed by atoms with Crippen LogP contribution in [0.25, 0.3) is 6.08 Å². The second-order valence-electron chi connectivity index (χ2n) is 5.27. The summed E-state index contributed by atoms with van der Waals surface area (Å²) in [7, 11) is 0. The van der Waals surface area contributed by atoms with E-state index in [0.29, 0.717) is 18.1 Å². The molecule has 24 heavy (non-hydrogen) atoms. The Hall–Kier alpha value is -3.28. The third kappa shape index (κ3) is 4.13. The molecule has 1 N–H and O–H groups in total. The average Bonchev–Trinajstić information content (AvgIpc) is 2.94. The molecule has 1 aromatic carbocycles. The molecule has 1 amide bonds. The predicted octanol–water partition coefficient (Wildman–Crippen LogP) is 2.68. The van der Waals surface area contributed by atoms with Crippen molar-refractivity contribution in [3.05, 3.63) is 78.0 Å². The van der Waals surface area contributed by atoms with Crippen LogP contribution in [0, 0.1) is 6.92 Å². The predicted molar refractivity (Wildman–Crippen MR) is 92.2 cm³/mol. The first-order valence-corrected chi connectivity index (χ1v) is 7.54. The van der Waals surface area contributed by atoms with Gasteiger partial charge in [0.05, 0.1) is 24.1 Å². The summed E-state index contributed by atoms with van der Waals surface area (Å²) in [5, 5.41) is 7.28. The minimum atomic E-state index is -0.241. The maximum atomic E-state index is 12.1. The Labute approximate surface area is 139 Å². The van der Waals surface area contributed by atoms with Crippen LogP contribution in [0.2, 0.25) is 0 Å². The number of hydrogen-bond donors (Lipinski definition) is 1. The number of carbonyl (C=O) groups excluding carboxylic acids is 1. The van der Waals surface area contributed by atoms with E-state index in [9.17, 15) is 4.79 Å². The van der Waals surface area contributed by atoms with Crippen molar-refractivity contribution in [1.29, 1.82) is 0 Å². The highest BCUT2D eigenvalue weighted by Gasteiger charge is 2.08. The first kappa shape index (κ1) is 15.6. The molecule has 0 fully saturated rings. The number of amides is 1. The maximum absolute atomic E-state index is 12.1. The van der Waals surface area contributed by atoms with Gasteiger partial charge in [0.2, 0.25) is 5.91 Å². The number of rotatable bonds is 5. The van der Waals surface area contributed by atoms with E-state index >= 15 is 0 Å². The highest BCUT2D eigenvalue weighted by molar-refractivity contribution is 6.01. The number of nitrogens with zero attached hydrogens (tertiary/aromatic N) is 4. The van der Waals surface area contributed by atoms with Gasteiger partial charge in [-0.3, -0.25) is 14.8 Å². The summed E-state index contributed by atoms with van der Waals surface area (Å²) < 4.78 is 1.78. The van der Waals surface area contributed by atoms with Crippen molar-refractivity contribution in [2.24, 2.45) is 0 Å². The summed E-state index contributed by atoms with van der Waals surface area (Å²) >= 11 is 0. The molecule has 0 spiro atoms. The quantitative estimate of drug-likeness (QED) is 0.734. The standard InChI is InChI=1S/C18H17N5O/c1-14-11-17(23(22-14)13-15-5-3-2-4-6-15)21-18(24)8-7-16-12-19-9-10-20-16/h2-12H,13H2,1H3,(H,21,24). The van der Waals surface area contributed by atoms with Crippen LogP contribution in [-0.2, 0) is 11.3 Å². The summed E-state index contributed by atoms with van der Waals surface area (Å²) in [5.41, 5.74) is 2.59. The van der Waals surface area contributed by atoms with Gasteiger partial charge in [-0.25, -0.2) is 4.68 Å². The molecule has 0 aliphatic rings. The summed E-state index contributed by atoms with van der Waals surface area (Å²) in [6.45, 7) is 2.49. The minimum absolute atomic E-state index is 0.241. The van der Waals surface area contributed by atoms with E-state index < -0.39 is 0 Å². The van der Waals surface area contributed by atoms with Gasteiger partial charge in [0.25, 0.3) is 0 Å². The number of anilines is 1. The van der Waals surface area contributed by atoms with Crippen LogP contribution in [0.1, 0.15) is 17.0 Å². The second-order valence-corrected chi connectivity index (χ2v) is 5.27. The number of aryl methyl sites for hydroxylation is 1. The summed E-state index contributed by atoms with van der Waals surface area (Å²) in [4.78, 5) is 20.2. The molecule has 0 unspecified atom stereocenters. The van der Waals surface area contributed by atoms with Gasteiger partial charge in [-0.05, 0) is 18.6 Å². The van der Waals surface area contributed by atoms with Crippen LogP contribution in [0.4, 0.5) is 5.82 Å². The van der Waals surface area contributed by atoms with Crippen molar-refractivity contribution < 1.29 is 4.79 Å². The van der Waals surface area contributed by atoms with E-state index in [2.05, 4.69) is 20.4 Å². The molecule has 3 aromatic rings. The summed E-state index contributed by atoms with van der Waals surface area (Å²) in [5.74, 6) is 0.417. The third-order valence-electron chi connectivity index (χ3n) is 3.32. The van der Waals surface area contributed by atoms with Crippen molar-refractivity contribution in [2.45, 2.75) is 13.5 Å². The van der Waals surface area contributed by atoms with Gasteiger partial charge in [-0.15, -0.1) is 0 Å². The highest BCUT2D eigenvalue weighted by atomic mass is 16.1. The monoisotopic (exact) mass is 319 g/mol. The lowest BCUT2D eigenvalue weighted by atomic mass is 10.2. The van der Waals surface area contributed by atoms with Gasteiger partial charge in [0.1, 0.15) is 5.82 Å². The van der Waals surface area contributed by atoms with Gasteiger partial charge in [-0.2, -0.15) is 5.10 Å². The van der Waals surface area contributed by atoms with Gasteiger partial charge >= 0.3 is 0 Å². The van der Waals surface area contributed by atoms with Crippen molar-refractivity contribution in [3.63, 3.8) is 0 Å². The van der Waals surface area contributed by atoms with E-state index in [1.165, 1.54) is 6.08 Å². The van der Waals surface area contributed by atoms with Crippen molar-refractivity contribution in [2.75, 3.05) is 5.32 Å². The van der Waals surface area contributed by atoms with E-state index in [1.54, 1.807) is 29.3 Å². The Morgan fingerprint density at radius 1 is 1.25 bits per heavy atom. The van der Waals surface area contributed by atoms with Gasteiger partial charge in [-0.1, -0.05) is 30.3 Å². The second kappa shape index (κ2) is 7.32. The first-order chi connectivity index (χ1) is 11.7. The molecule has 120 valence electrons. The Kier molecular flexibility index (Phi) is 4.76. The maximum Gasteiger partial charge on any atom is 0.249 e. The first-order valence-electron chi connectivity index (χ1n) is 7.54. The van der Waals surface area contributed by atoms with Gasteiger partial charge in [0.15, 0.2) is 0 Å². The number of benzene rings is 1. The third-order valence-corrected chi connectivity index (χ3v) is 3.32. The Bertz CT molecular complexity index is 840. The van der Waals surface area contributed by atoms with Gasteiger partial charge < -0.3 is 5.32 Å². The molecule has 0 saturated heterocycles. The lowest BCUT2D eigenvalue weighted by molar-refractivity contribution is -0.111. The lowest BCUT2D eigenvalue weighted by Gasteiger charge is -2.07. The number of hydrogen-bond acceptors (Lipinski definition) is 4. The van der Waals surface area contributed by atoms with Crippen LogP contribution in [-0.4, -0.2) is 25.7 Å². The molecule has 0 aliphatic carbocycles. The summed E-state index contributed by atoms with van der Waals surface area (Å²) in [6, 6.07) is 11.8. The Balaban J connectivity index is 1.71. The molecule has 6 heteroatoms. The molecule has 2 aromatic heterocycles. The molecular weight excluding hydrogens is 302 g/mol. The number of carbonyl (C=O) groups is 1. The minimum Gasteiger partial charge on any atom is -0.307 e. The van der Waals surface area contributed by atoms with Crippen LogP contribution in [0.15, 0.2) is 61.1 Å². The molecule has 0 saturated carbocycles. The highest BCUT2D eigenvalue weighted by Crippen LogP contribution is 2.13. The molecule has 3 rings (SSSR count). The van der Waals surface area contributed by atoms with Crippen molar-refractivity contribution in [3.8, 4) is 0 Å². The smallest absolute Gasteiger partial charge is 0.249 e. The SMILES string of the molecule is Cc1cc(NC(=O)C=Cc2cnccn2)n(Cc2ccccc2)n1. The zero-order valence-corrected chi connectivity index (χ0v) is 13.3. The summed E-state index contributed by atoms with van der Waals surface area (Å²) in [6.07, 6.45) is 7.80. The molecule has 6 nitrogen and oxygen atoms in total. The van der Waals surface area contributed by atoms with Crippen LogP contribution < -0.4 is 5.32 Å². The van der Waals surface area contributed by atoms with Crippen LogP contribution in [0.3, 0.4) is 0 Å². The van der Waals surface area contributed by atoms with E-state index in [1.807, 2.05) is 43.3 Å². The van der Waals surface area contributed by atoms with Gasteiger partial charge in [0, 0.05) is 24.5 Å². The average molecular weight is 319 g/mol. The molecule has 0 radical (unpaired) electrons. The molecule has 0 aliphatic heterocycles. The normalized spacial score (nSPS) is 10.9. The van der Waals surface area contributed by atoms with Crippen LogP contribution >= 0.6 is 0 Å². The lowest BCUT2D eigenvalue weighted by Crippen LogP contribution is -2.13. The molecular formula is C18H17N5O. The van der Waals surface area contributed by atoms with E-state index in [4.69, 9.17) is 0 Å². The molecule has 2 heterocycles. The molecule has 0 bridgehead atoms. The fourth-order valence-corrected chi connectivity index (χ4v) is 2.25. The van der Waals surface area contributed by atoms with Crippen molar-refractivity contribution >= 4 is 17.8 Å². The number of nitrogens with one attached hydrogen (secondary N) is 1. The zero-order valence-electron chi connectivity index (χ0n) is 13.3. The van der Waals surface area contributed by atoms with E-state index in [-0.39, 0.29) is 5.91 Å². The Morgan fingerprint density at radius 2 is 2.08 bits per heavy atom. The topological polar surface area (TPSA) is 72.7 Å². The Morgan fingerprint density at radius 3 is 2.83 bits per heavy atom. The number of aromatic nitrogens is 4. The largest absolute Gasteiger partial charge is 0.307 e. The van der Waals surface area contributed by atoms with Crippen molar-refractivity contribution in [1.82, 2.24) is 19.7 Å².